The Hall–Kier alpha value is -1.13. The quantitative estimate of drug-likeness (QED) is 0.878. The summed E-state index contributed by atoms with van der Waals surface area (Å²) in [6, 6.07) is 6.56. The predicted molar refractivity (Wildman–Crippen MR) is 85.1 cm³/mol. The zero-order valence-electron chi connectivity index (χ0n) is 12.4. The Morgan fingerprint density at radius 3 is 2.43 bits per heavy atom. The van der Waals surface area contributed by atoms with Crippen LogP contribution in [0.1, 0.15) is 44.6 Å². The fourth-order valence-corrected chi connectivity index (χ4v) is 3.06. The number of carbonyl (C=O) groups is 1. The number of nitrogens with two attached hydrogens (primary N) is 1. The van der Waals surface area contributed by atoms with Gasteiger partial charge in [0.2, 0.25) is 5.91 Å². The molecule has 5 heteroatoms. The van der Waals surface area contributed by atoms with Gasteiger partial charge in [-0.3, -0.25) is 4.79 Å². The van der Waals surface area contributed by atoms with Gasteiger partial charge in [0.1, 0.15) is 5.82 Å². The van der Waals surface area contributed by atoms with Crippen molar-refractivity contribution in [2.45, 2.75) is 50.5 Å². The lowest BCUT2D eigenvalue weighted by atomic mass is 9.78. The molecule has 1 unspecified atom stereocenters. The van der Waals surface area contributed by atoms with Crippen molar-refractivity contribution in [3.8, 4) is 0 Å². The summed E-state index contributed by atoms with van der Waals surface area (Å²) in [6.07, 6.45) is 4.73. The van der Waals surface area contributed by atoms with Crippen molar-refractivity contribution in [2.75, 3.05) is 6.54 Å². The molecule has 0 aromatic heterocycles. The van der Waals surface area contributed by atoms with Gasteiger partial charge in [0.05, 0.1) is 0 Å². The van der Waals surface area contributed by atoms with Crippen LogP contribution in [0, 0.1) is 5.82 Å². The van der Waals surface area contributed by atoms with Gasteiger partial charge < -0.3 is 11.1 Å². The van der Waals surface area contributed by atoms with Gasteiger partial charge in [-0.2, -0.15) is 0 Å². The van der Waals surface area contributed by atoms with E-state index >= 15 is 0 Å². The molecule has 0 radical (unpaired) electrons. The molecule has 3 N–H and O–H groups in total. The lowest BCUT2D eigenvalue weighted by Crippen LogP contribution is -2.40. The van der Waals surface area contributed by atoms with Crippen LogP contribution in [0.4, 0.5) is 4.39 Å². The molecule has 1 amide bonds. The monoisotopic (exact) mass is 314 g/mol. The third-order valence-corrected chi connectivity index (χ3v) is 4.15. The summed E-state index contributed by atoms with van der Waals surface area (Å²) in [6.45, 7) is 2.44. The number of hydrogen-bond acceptors (Lipinski definition) is 2. The molecule has 0 bridgehead atoms. The first kappa shape index (κ1) is 17.9. The summed E-state index contributed by atoms with van der Waals surface area (Å²) < 4.78 is 13.1. The van der Waals surface area contributed by atoms with Crippen LogP contribution >= 0.6 is 12.4 Å². The second-order valence-electron chi connectivity index (χ2n) is 5.95. The average Bonchev–Trinajstić information content (AvgIpc) is 2.86. The molecule has 1 atom stereocenters. The van der Waals surface area contributed by atoms with Crippen molar-refractivity contribution in [3.05, 3.63) is 35.6 Å². The molecule has 0 saturated heterocycles. The maximum Gasteiger partial charge on any atom is 0.221 e. The second kappa shape index (κ2) is 7.76. The fraction of sp³-hybridized carbons (Fsp3) is 0.562. The molecule has 1 aromatic rings. The van der Waals surface area contributed by atoms with E-state index in [4.69, 9.17) is 5.73 Å². The molecular weight excluding hydrogens is 291 g/mol. The molecule has 118 valence electrons. The van der Waals surface area contributed by atoms with E-state index in [1.54, 1.807) is 0 Å². The number of amides is 1. The van der Waals surface area contributed by atoms with Gasteiger partial charge in [-0.25, -0.2) is 4.39 Å². The molecule has 1 aliphatic rings. The van der Waals surface area contributed by atoms with E-state index in [-0.39, 0.29) is 35.6 Å². The Labute approximate surface area is 131 Å². The third kappa shape index (κ3) is 4.68. The summed E-state index contributed by atoms with van der Waals surface area (Å²) in [5, 5.41) is 3.00. The Balaban J connectivity index is 0.00000220. The molecule has 1 fully saturated rings. The molecule has 0 spiro atoms. The maximum absolute atomic E-state index is 13.1. The molecule has 21 heavy (non-hydrogen) atoms. The van der Waals surface area contributed by atoms with Crippen molar-refractivity contribution in [1.82, 2.24) is 5.32 Å². The normalized spacial score (nSPS) is 17.9. The molecule has 0 aliphatic heterocycles. The van der Waals surface area contributed by atoms with E-state index in [0.29, 0.717) is 13.0 Å². The summed E-state index contributed by atoms with van der Waals surface area (Å²) in [5.41, 5.74) is 6.72. The second-order valence-corrected chi connectivity index (χ2v) is 5.95. The number of rotatable bonds is 5. The molecule has 1 aromatic carbocycles. The Kier molecular flexibility index (Phi) is 6.62. The van der Waals surface area contributed by atoms with E-state index < -0.39 is 0 Å². The highest BCUT2D eigenvalue weighted by Crippen LogP contribution is 2.40. The molecular formula is C16H24ClFN2O. The summed E-state index contributed by atoms with van der Waals surface area (Å²) >= 11 is 0. The zero-order chi connectivity index (χ0) is 14.6. The van der Waals surface area contributed by atoms with Gasteiger partial charge in [-0.1, -0.05) is 25.0 Å². The third-order valence-electron chi connectivity index (χ3n) is 4.15. The SMILES string of the molecule is CC(N)CC(=O)NCC1(c2ccc(F)cc2)CCCC1.Cl. The molecule has 0 heterocycles. The first-order valence-electron chi connectivity index (χ1n) is 7.30. The van der Waals surface area contributed by atoms with Gasteiger partial charge in [0, 0.05) is 24.4 Å². The van der Waals surface area contributed by atoms with E-state index in [9.17, 15) is 9.18 Å². The molecule has 1 saturated carbocycles. The number of nitrogens with one attached hydrogen (secondary N) is 1. The predicted octanol–water partition coefficient (Wildman–Crippen LogP) is 2.91. The largest absolute Gasteiger partial charge is 0.355 e. The van der Waals surface area contributed by atoms with Crippen molar-refractivity contribution in [1.29, 1.82) is 0 Å². The van der Waals surface area contributed by atoms with E-state index in [0.717, 1.165) is 31.2 Å². The molecule has 2 rings (SSSR count). The van der Waals surface area contributed by atoms with Crippen LogP contribution in [0.15, 0.2) is 24.3 Å². The number of halogens is 2. The standard InChI is InChI=1S/C16H23FN2O.ClH/c1-12(18)10-15(20)19-11-16(8-2-3-9-16)13-4-6-14(17)7-5-13;/h4-7,12H,2-3,8-11,18H2,1H3,(H,19,20);1H. The van der Waals surface area contributed by atoms with E-state index in [1.807, 2.05) is 19.1 Å². The number of benzene rings is 1. The van der Waals surface area contributed by atoms with Crippen LogP contribution in [0.2, 0.25) is 0 Å². The van der Waals surface area contributed by atoms with Crippen LogP contribution in [0.5, 0.6) is 0 Å². The van der Waals surface area contributed by atoms with Gasteiger partial charge in [-0.05, 0) is 37.5 Å². The lowest BCUT2D eigenvalue weighted by Gasteiger charge is -2.30. The van der Waals surface area contributed by atoms with Crippen LogP contribution in [0.25, 0.3) is 0 Å². The number of carbonyl (C=O) groups excluding carboxylic acids is 1. The maximum atomic E-state index is 13.1. The highest BCUT2D eigenvalue weighted by molar-refractivity contribution is 5.85. The fourth-order valence-electron chi connectivity index (χ4n) is 3.06. The highest BCUT2D eigenvalue weighted by atomic mass is 35.5. The molecule has 3 nitrogen and oxygen atoms in total. The minimum Gasteiger partial charge on any atom is -0.355 e. The Morgan fingerprint density at radius 1 is 1.33 bits per heavy atom. The van der Waals surface area contributed by atoms with Gasteiger partial charge in [0.25, 0.3) is 0 Å². The summed E-state index contributed by atoms with van der Waals surface area (Å²) in [5.74, 6) is -0.226. The summed E-state index contributed by atoms with van der Waals surface area (Å²) in [7, 11) is 0. The Morgan fingerprint density at radius 2 is 1.90 bits per heavy atom. The smallest absolute Gasteiger partial charge is 0.221 e. The topological polar surface area (TPSA) is 55.1 Å². The number of hydrogen-bond donors (Lipinski definition) is 2. The highest BCUT2D eigenvalue weighted by Gasteiger charge is 2.35. The van der Waals surface area contributed by atoms with Gasteiger partial charge in [-0.15, -0.1) is 12.4 Å². The zero-order valence-corrected chi connectivity index (χ0v) is 13.2. The van der Waals surface area contributed by atoms with Crippen LogP contribution < -0.4 is 11.1 Å². The van der Waals surface area contributed by atoms with Crippen molar-refractivity contribution in [3.63, 3.8) is 0 Å². The average molecular weight is 315 g/mol. The van der Waals surface area contributed by atoms with Crippen LogP contribution in [0.3, 0.4) is 0 Å². The van der Waals surface area contributed by atoms with Gasteiger partial charge >= 0.3 is 0 Å². The summed E-state index contributed by atoms with van der Waals surface area (Å²) in [4.78, 5) is 11.8. The van der Waals surface area contributed by atoms with Crippen LogP contribution in [-0.4, -0.2) is 18.5 Å². The van der Waals surface area contributed by atoms with E-state index in [2.05, 4.69) is 5.32 Å². The van der Waals surface area contributed by atoms with Crippen molar-refractivity contribution < 1.29 is 9.18 Å². The molecule has 1 aliphatic carbocycles. The lowest BCUT2D eigenvalue weighted by molar-refractivity contribution is -0.121. The Bertz CT molecular complexity index is 456. The van der Waals surface area contributed by atoms with Crippen molar-refractivity contribution >= 4 is 18.3 Å². The van der Waals surface area contributed by atoms with E-state index in [1.165, 1.54) is 12.1 Å². The first-order chi connectivity index (χ1) is 9.52. The van der Waals surface area contributed by atoms with Gasteiger partial charge in [0.15, 0.2) is 0 Å². The first-order valence-corrected chi connectivity index (χ1v) is 7.30. The van der Waals surface area contributed by atoms with Crippen LogP contribution in [-0.2, 0) is 10.2 Å². The minimum absolute atomic E-state index is 0. The van der Waals surface area contributed by atoms with Crippen molar-refractivity contribution in [2.24, 2.45) is 5.73 Å². The minimum atomic E-state index is -0.220.